The molecule has 4 heteroatoms. The zero-order valence-electron chi connectivity index (χ0n) is 12.4. The third-order valence-corrected chi connectivity index (χ3v) is 3.29. The van der Waals surface area contributed by atoms with Gasteiger partial charge in [-0.3, -0.25) is 4.79 Å². The van der Waals surface area contributed by atoms with Gasteiger partial charge in [0.2, 0.25) is 0 Å². The summed E-state index contributed by atoms with van der Waals surface area (Å²) in [5.74, 6) is -0.764. The third kappa shape index (κ3) is 6.68. The number of nitrogens with one attached hydrogen (secondary N) is 1. The van der Waals surface area contributed by atoms with Crippen molar-refractivity contribution in [3.05, 3.63) is 35.4 Å². The van der Waals surface area contributed by atoms with E-state index in [1.807, 2.05) is 0 Å². The first-order valence-corrected chi connectivity index (χ1v) is 7.17. The van der Waals surface area contributed by atoms with Crippen molar-refractivity contribution in [3.8, 4) is 0 Å². The Labute approximate surface area is 121 Å². The van der Waals surface area contributed by atoms with Crippen molar-refractivity contribution in [1.29, 1.82) is 0 Å². The van der Waals surface area contributed by atoms with Crippen molar-refractivity contribution in [2.24, 2.45) is 0 Å². The highest BCUT2D eigenvalue weighted by Crippen LogP contribution is 2.09. The molecule has 1 unspecified atom stereocenters. The molecule has 1 aromatic rings. The maximum Gasteiger partial charge on any atom is 0.304 e. The molecular formula is C16H25NO3. The number of ether oxygens (including phenoxy) is 1. The fraction of sp³-hybridized carbons (Fsp3) is 0.562. The van der Waals surface area contributed by atoms with Gasteiger partial charge in [-0.1, -0.05) is 31.2 Å². The average Bonchev–Trinajstić information content (AvgIpc) is 2.43. The molecule has 112 valence electrons. The predicted molar refractivity (Wildman–Crippen MR) is 80.1 cm³/mol. The minimum Gasteiger partial charge on any atom is -0.481 e. The molecule has 1 rings (SSSR count). The average molecular weight is 279 g/mol. The first-order valence-electron chi connectivity index (χ1n) is 7.17. The minimum atomic E-state index is -0.764. The smallest absolute Gasteiger partial charge is 0.304 e. The minimum absolute atomic E-state index is 0.0307. The van der Waals surface area contributed by atoms with Crippen LogP contribution >= 0.6 is 0 Å². The fourth-order valence-electron chi connectivity index (χ4n) is 2.15. The normalized spacial score (nSPS) is 12.3. The Balaban J connectivity index is 2.51. The molecular weight excluding hydrogens is 254 g/mol. The number of hydrogen-bond acceptors (Lipinski definition) is 3. The summed E-state index contributed by atoms with van der Waals surface area (Å²) in [5, 5.41) is 12.3. The Morgan fingerprint density at radius 3 is 2.50 bits per heavy atom. The summed E-state index contributed by atoms with van der Waals surface area (Å²) in [4.78, 5) is 10.9. The number of carboxylic acid groups (broad SMARTS) is 1. The second kappa shape index (κ2) is 9.50. The van der Waals surface area contributed by atoms with Gasteiger partial charge in [0.1, 0.15) is 0 Å². The van der Waals surface area contributed by atoms with Crippen LogP contribution in [0.25, 0.3) is 0 Å². The number of benzene rings is 1. The molecule has 0 aliphatic rings. The van der Waals surface area contributed by atoms with E-state index in [9.17, 15) is 4.79 Å². The van der Waals surface area contributed by atoms with Gasteiger partial charge in [0, 0.05) is 19.8 Å². The Hall–Kier alpha value is -1.39. The summed E-state index contributed by atoms with van der Waals surface area (Å²) in [6.07, 6.45) is 2.79. The first kappa shape index (κ1) is 16.7. The van der Waals surface area contributed by atoms with Crippen molar-refractivity contribution >= 4 is 5.97 Å². The number of rotatable bonds is 10. The maximum atomic E-state index is 10.9. The van der Waals surface area contributed by atoms with Gasteiger partial charge in [0.25, 0.3) is 0 Å². The Morgan fingerprint density at radius 2 is 1.95 bits per heavy atom. The first-order chi connectivity index (χ1) is 9.65. The molecule has 0 heterocycles. The molecule has 4 nitrogen and oxygen atoms in total. The van der Waals surface area contributed by atoms with E-state index in [-0.39, 0.29) is 12.5 Å². The second-order valence-electron chi connectivity index (χ2n) is 4.97. The van der Waals surface area contributed by atoms with Crippen molar-refractivity contribution in [3.63, 3.8) is 0 Å². The standard InChI is InChI=1S/C16H25NO3/c1-3-13-5-7-14(8-6-13)11-15(12-16(18)19)17-9-4-10-20-2/h5-8,15,17H,3-4,9-12H2,1-2H3,(H,18,19). The highest BCUT2D eigenvalue weighted by Gasteiger charge is 2.13. The summed E-state index contributed by atoms with van der Waals surface area (Å²) < 4.78 is 4.99. The number of aliphatic carboxylic acids is 1. The number of hydrogen-bond donors (Lipinski definition) is 2. The van der Waals surface area contributed by atoms with E-state index in [0.717, 1.165) is 25.8 Å². The van der Waals surface area contributed by atoms with Gasteiger partial charge in [0.15, 0.2) is 0 Å². The molecule has 0 fully saturated rings. The number of carboxylic acids is 1. The highest BCUT2D eigenvalue weighted by atomic mass is 16.5. The van der Waals surface area contributed by atoms with Gasteiger partial charge in [-0.15, -0.1) is 0 Å². The van der Waals surface area contributed by atoms with Crippen LogP contribution in [0, 0.1) is 0 Å². The van der Waals surface area contributed by atoms with E-state index in [4.69, 9.17) is 9.84 Å². The van der Waals surface area contributed by atoms with Crippen LogP contribution < -0.4 is 5.32 Å². The van der Waals surface area contributed by atoms with Crippen LogP contribution in [0.15, 0.2) is 24.3 Å². The predicted octanol–water partition coefficient (Wildman–Crippen LogP) is 2.26. The summed E-state index contributed by atoms with van der Waals surface area (Å²) in [7, 11) is 1.67. The lowest BCUT2D eigenvalue weighted by atomic mass is 10.0. The topological polar surface area (TPSA) is 58.6 Å². The van der Waals surface area contributed by atoms with Crippen LogP contribution in [0.5, 0.6) is 0 Å². The molecule has 0 amide bonds. The Bertz CT molecular complexity index is 389. The number of aryl methyl sites for hydroxylation is 1. The van der Waals surface area contributed by atoms with Crippen molar-refractivity contribution in [2.45, 2.75) is 38.6 Å². The summed E-state index contributed by atoms with van der Waals surface area (Å²) in [6, 6.07) is 8.36. The van der Waals surface area contributed by atoms with Crippen LogP contribution in [0.4, 0.5) is 0 Å². The van der Waals surface area contributed by atoms with E-state index in [1.165, 1.54) is 11.1 Å². The zero-order valence-corrected chi connectivity index (χ0v) is 12.4. The van der Waals surface area contributed by atoms with Crippen molar-refractivity contribution in [2.75, 3.05) is 20.3 Å². The summed E-state index contributed by atoms with van der Waals surface area (Å²) in [5.41, 5.74) is 2.48. The van der Waals surface area contributed by atoms with Crippen molar-refractivity contribution < 1.29 is 14.6 Å². The molecule has 0 aromatic heterocycles. The largest absolute Gasteiger partial charge is 0.481 e. The Kier molecular flexibility index (Phi) is 7.92. The molecule has 0 spiro atoms. The molecule has 2 N–H and O–H groups in total. The molecule has 0 aliphatic carbocycles. The van der Waals surface area contributed by atoms with Crippen LogP contribution in [-0.4, -0.2) is 37.4 Å². The molecule has 0 saturated carbocycles. The highest BCUT2D eigenvalue weighted by molar-refractivity contribution is 5.67. The van der Waals surface area contributed by atoms with Gasteiger partial charge < -0.3 is 15.2 Å². The monoisotopic (exact) mass is 279 g/mol. The van der Waals surface area contributed by atoms with Crippen molar-refractivity contribution in [1.82, 2.24) is 5.32 Å². The molecule has 0 aliphatic heterocycles. The van der Waals surface area contributed by atoms with Gasteiger partial charge in [0.05, 0.1) is 6.42 Å². The lowest BCUT2D eigenvalue weighted by Crippen LogP contribution is -2.34. The van der Waals surface area contributed by atoms with E-state index >= 15 is 0 Å². The molecule has 0 saturated heterocycles. The van der Waals surface area contributed by atoms with Crippen LogP contribution in [0.2, 0.25) is 0 Å². The van der Waals surface area contributed by atoms with Gasteiger partial charge >= 0.3 is 5.97 Å². The van der Waals surface area contributed by atoms with Gasteiger partial charge in [-0.05, 0) is 36.9 Å². The van der Waals surface area contributed by atoms with Gasteiger partial charge in [-0.2, -0.15) is 0 Å². The molecule has 0 bridgehead atoms. The molecule has 0 radical (unpaired) electrons. The van der Waals surface area contributed by atoms with E-state index in [2.05, 4.69) is 36.5 Å². The van der Waals surface area contributed by atoms with Crippen LogP contribution in [0.3, 0.4) is 0 Å². The molecule has 20 heavy (non-hydrogen) atoms. The molecule has 1 atom stereocenters. The van der Waals surface area contributed by atoms with E-state index in [1.54, 1.807) is 7.11 Å². The quantitative estimate of drug-likeness (QED) is 0.645. The molecule has 1 aromatic carbocycles. The number of methoxy groups -OCH3 is 1. The van der Waals surface area contributed by atoms with E-state index in [0.29, 0.717) is 6.61 Å². The lowest BCUT2D eigenvalue weighted by Gasteiger charge is -2.17. The Morgan fingerprint density at radius 1 is 1.30 bits per heavy atom. The maximum absolute atomic E-state index is 10.9. The second-order valence-corrected chi connectivity index (χ2v) is 4.97. The lowest BCUT2D eigenvalue weighted by molar-refractivity contribution is -0.137. The summed E-state index contributed by atoms with van der Waals surface area (Å²) in [6.45, 7) is 3.59. The number of carbonyl (C=O) groups is 1. The van der Waals surface area contributed by atoms with Crippen LogP contribution in [-0.2, 0) is 22.4 Å². The fourth-order valence-corrected chi connectivity index (χ4v) is 2.15. The summed E-state index contributed by atoms with van der Waals surface area (Å²) >= 11 is 0. The zero-order chi connectivity index (χ0) is 14.8. The van der Waals surface area contributed by atoms with Crippen LogP contribution in [0.1, 0.15) is 30.9 Å². The third-order valence-electron chi connectivity index (χ3n) is 3.29. The van der Waals surface area contributed by atoms with E-state index < -0.39 is 5.97 Å². The van der Waals surface area contributed by atoms with Gasteiger partial charge in [-0.25, -0.2) is 0 Å². The SMILES string of the molecule is CCc1ccc(CC(CC(=O)O)NCCCOC)cc1.